The number of carbonyl (C=O) groups excluding carboxylic acids is 1. The average Bonchev–Trinajstić information content (AvgIpc) is 3.40. The number of thioether (sulfide) groups is 1. The molecule has 6 nitrogen and oxygen atoms in total. The number of ether oxygens (including phenoxy) is 1. The van der Waals surface area contributed by atoms with Crippen molar-refractivity contribution in [1.82, 2.24) is 20.1 Å². The van der Waals surface area contributed by atoms with Gasteiger partial charge in [-0.1, -0.05) is 125 Å². The van der Waals surface area contributed by atoms with Gasteiger partial charge < -0.3 is 10.1 Å². The van der Waals surface area contributed by atoms with Crippen LogP contribution in [0.5, 0.6) is 0 Å². The van der Waals surface area contributed by atoms with Crippen LogP contribution in [0.1, 0.15) is 34.1 Å². The lowest BCUT2D eigenvalue weighted by Crippen LogP contribution is -2.34. The average molecular weight is 618 g/mol. The van der Waals surface area contributed by atoms with E-state index in [1.54, 1.807) is 23.9 Å². The summed E-state index contributed by atoms with van der Waals surface area (Å²) >= 11 is 14.5. The van der Waals surface area contributed by atoms with Crippen LogP contribution in [0.15, 0.2) is 108 Å². The molecule has 0 saturated heterocycles. The first kappa shape index (κ1) is 29.9. The summed E-state index contributed by atoms with van der Waals surface area (Å²) < 4.78 is 7.64. The predicted octanol–water partition coefficient (Wildman–Crippen LogP) is 7.79. The van der Waals surface area contributed by atoms with Crippen LogP contribution in [0.4, 0.5) is 0 Å². The third kappa shape index (κ3) is 8.01. The molecule has 1 N–H and O–H groups in total. The molecule has 214 valence electrons. The highest BCUT2D eigenvalue weighted by molar-refractivity contribution is 7.98. The molecule has 0 aliphatic heterocycles. The van der Waals surface area contributed by atoms with Crippen LogP contribution < -0.4 is 5.32 Å². The molecule has 0 saturated carbocycles. The minimum absolute atomic E-state index is 0.0923. The number of hydrogen-bond acceptors (Lipinski definition) is 5. The normalized spacial score (nSPS) is 11.8. The van der Waals surface area contributed by atoms with Gasteiger partial charge in [0.05, 0.1) is 23.4 Å². The molecule has 0 fully saturated rings. The Labute approximate surface area is 260 Å². The molecule has 5 aromatic rings. The van der Waals surface area contributed by atoms with E-state index in [-0.39, 0.29) is 12.5 Å². The standard InChI is InChI=1S/C33H30Cl2N4O2S/c1-23-9-8-14-26(17-23)22-42-33-38-37-32(39(33)30-16-15-27(34)19-28(30)35)29(18-24-10-4-2-5-11-24)36-31(40)21-41-20-25-12-6-3-7-13-25/h2-17,19,29H,18,20-22H2,1H3,(H,36,40). The molecular weight excluding hydrogens is 587 g/mol. The monoisotopic (exact) mass is 616 g/mol. The van der Waals surface area contributed by atoms with Crippen LogP contribution in [0.3, 0.4) is 0 Å². The van der Waals surface area contributed by atoms with Gasteiger partial charge in [0.15, 0.2) is 11.0 Å². The van der Waals surface area contributed by atoms with Crippen molar-refractivity contribution in [2.75, 3.05) is 6.61 Å². The topological polar surface area (TPSA) is 69.0 Å². The molecule has 0 radical (unpaired) electrons. The molecule has 4 aromatic carbocycles. The zero-order chi connectivity index (χ0) is 29.3. The first-order chi connectivity index (χ1) is 20.5. The quantitative estimate of drug-likeness (QED) is 0.145. The van der Waals surface area contributed by atoms with E-state index in [0.29, 0.717) is 45.5 Å². The van der Waals surface area contributed by atoms with E-state index in [4.69, 9.17) is 27.9 Å². The highest BCUT2D eigenvalue weighted by Crippen LogP contribution is 2.33. The van der Waals surface area contributed by atoms with E-state index in [2.05, 4.69) is 40.6 Å². The Bertz CT molecular complexity index is 1630. The number of amides is 1. The largest absolute Gasteiger partial charge is 0.367 e. The predicted molar refractivity (Wildman–Crippen MR) is 169 cm³/mol. The van der Waals surface area contributed by atoms with Gasteiger partial charge in [0.25, 0.3) is 0 Å². The molecule has 0 spiro atoms. The van der Waals surface area contributed by atoms with Gasteiger partial charge in [-0.2, -0.15) is 0 Å². The summed E-state index contributed by atoms with van der Waals surface area (Å²) in [5.41, 5.74) is 5.08. The van der Waals surface area contributed by atoms with E-state index in [1.165, 1.54) is 11.1 Å². The van der Waals surface area contributed by atoms with Gasteiger partial charge in [0.1, 0.15) is 6.61 Å². The minimum atomic E-state index is -0.507. The summed E-state index contributed by atoms with van der Waals surface area (Å²) in [5.74, 6) is 0.998. The Kier molecular flexibility index (Phi) is 10.3. The summed E-state index contributed by atoms with van der Waals surface area (Å²) in [7, 11) is 0. The van der Waals surface area contributed by atoms with Crippen LogP contribution >= 0.6 is 35.0 Å². The van der Waals surface area contributed by atoms with Crippen molar-refractivity contribution in [3.05, 3.63) is 141 Å². The zero-order valence-electron chi connectivity index (χ0n) is 23.0. The molecule has 0 aliphatic carbocycles. The fraction of sp³-hybridized carbons (Fsp3) is 0.182. The number of halogens is 2. The third-order valence-corrected chi connectivity index (χ3v) is 8.07. The van der Waals surface area contributed by atoms with Crippen LogP contribution in [0, 0.1) is 6.92 Å². The molecule has 1 aromatic heterocycles. The van der Waals surface area contributed by atoms with E-state index in [9.17, 15) is 4.79 Å². The molecule has 9 heteroatoms. The van der Waals surface area contributed by atoms with E-state index < -0.39 is 6.04 Å². The Morgan fingerprint density at radius 2 is 1.60 bits per heavy atom. The van der Waals surface area contributed by atoms with Crippen molar-refractivity contribution in [1.29, 1.82) is 0 Å². The molecule has 1 atom stereocenters. The van der Waals surface area contributed by atoms with Gasteiger partial charge in [-0.15, -0.1) is 10.2 Å². The first-order valence-corrected chi connectivity index (χ1v) is 15.2. The van der Waals surface area contributed by atoms with E-state index >= 15 is 0 Å². The fourth-order valence-corrected chi connectivity index (χ4v) is 5.96. The Balaban J connectivity index is 1.45. The molecule has 42 heavy (non-hydrogen) atoms. The summed E-state index contributed by atoms with van der Waals surface area (Å²) in [5, 5.41) is 13.9. The number of nitrogens with one attached hydrogen (secondary N) is 1. The molecule has 1 heterocycles. The molecule has 1 unspecified atom stereocenters. The molecular formula is C33H30Cl2N4O2S. The fourth-order valence-electron chi connectivity index (χ4n) is 4.57. The molecule has 0 aliphatic rings. The lowest BCUT2D eigenvalue weighted by Gasteiger charge is -2.21. The number of hydrogen-bond donors (Lipinski definition) is 1. The maximum absolute atomic E-state index is 13.2. The van der Waals surface area contributed by atoms with Crippen molar-refractivity contribution >= 4 is 40.9 Å². The lowest BCUT2D eigenvalue weighted by molar-refractivity contribution is -0.126. The van der Waals surface area contributed by atoms with Gasteiger partial charge in [-0.05, 0) is 48.2 Å². The zero-order valence-corrected chi connectivity index (χ0v) is 25.4. The van der Waals surface area contributed by atoms with Gasteiger partial charge >= 0.3 is 0 Å². The second kappa shape index (κ2) is 14.5. The van der Waals surface area contributed by atoms with Gasteiger partial charge in [-0.3, -0.25) is 9.36 Å². The summed E-state index contributed by atoms with van der Waals surface area (Å²) in [6, 6.07) is 32.9. The number of aromatic nitrogens is 3. The Hall–Kier alpha value is -3.62. The van der Waals surface area contributed by atoms with Crippen molar-refractivity contribution in [3.8, 4) is 5.69 Å². The number of benzene rings is 4. The first-order valence-electron chi connectivity index (χ1n) is 13.5. The SMILES string of the molecule is Cc1cccc(CSc2nnc(C(Cc3ccccc3)NC(=O)COCc3ccccc3)n2-c2ccc(Cl)cc2Cl)c1. The van der Waals surface area contributed by atoms with Crippen molar-refractivity contribution < 1.29 is 9.53 Å². The number of carbonyl (C=O) groups is 1. The van der Waals surface area contributed by atoms with E-state index in [1.807, 2.05) is 77.4 Å². The number of rotatable bonds is 12. The van der Waals surface area contributed by atoms with Crippen molar-refractivity contribution in [2.45, 2.75) is 36.9 Å². The van der Waals surface area contributed by atoms with Crippen molar-refractivity contribution in [3.63, 3.8) is 0 Å². The second-order valence-electron chi connectivity index (χ2n) is 9.84. The molecule has 5 rings (SSSR count). The highest BCUT2D eigenvalue weighted by atomic mass is 35.5. The summed E-state index contributed by atoms with van der Waals surface area (Å²) in [6.07, 6.45) is 0.497. The van der Waals surface area contributed by atoms with Crippen LogP contribution in [-0.2, 0) is 28.3 Å². The Morgan fingerprint density at radius 3 is 2.31 bits per heavy atom. The number of aryl methyl sites for hydroxylation is 1. The van der Waals surface area contributed by atoms with Gasteiger partial charge in [0.2, 0.25) is 5.91 Å². The lowest BCUT2D eigenvalue weighted by atomic mass is 10.0. The molecule has 1 amide bonds. The third-order valence-electron chi connectivity index (χ3n) is 6.53. The second-order valence-corrected chi connectivity index (χ2v) is 11.6. The van der Waals surface area contributed by atoms with Gasteiger partial charge in [0, 0.05) is 10.8 Å². The molecule has 0 bridgehead atoms. The number of nitrogens with zero attached hydrogens (tertiary/aromatic N) is 3. The van der Waals surface area contributed by atoms with E-state index in [0.717, 1.165) is 11.1 Å². The Morgan fingerprint density at radius 1 is 0.881 bits per heavy atom. The minimum Gasteiger partial charge on any atom is -0.367 e. The maximum Gasteiger partial charge on any atom is 0.246 e. The summed E-state index contributed by atoms with van der Waals surface area (Å²) in [4.78, 5) is 13.2. The smallest absolute Gasteiger partial charge is 0.246 e. The van der Waals surface area contributed by atoms with Crippen LogP contribution in [0.2, 0.25) is 10.0 Å². The van der Waals surface area contributed by atoms with Crippen LogP contribution in [0.25, 0.3) is 5.69 Å². The van der Waals surface area contributed by atoms with Crippen LogP contribution in [-0.4, -0.2) is 27.3 Å². The van der Waals surface area contributed by atoms with Crippen molar-refractivity contribution in [2.24, 2.45) is 0 Å². The highest BCUT2D eigenvalue weighted by Gasteiger charge is 2.26. The summed E-state index contributed by atoms with van der Waals surface area (Å²) in [6.45, 7) is 2.32. The maximum atomic E-state index is 13.2. The van der Waals surface area contributed by atoms with Gasteiger partial charge in [-0.25, -0.2) is 0 Å².